The van der Waals surface area contributed by atoms with Crippen LogP contribution in [0.2, 0.25) is 0 Å². The van der Waals surface area contributed by atoms with Gasteiger partial charge in [0.15, 0.2) is 0 Å². The van der Waals surface area contributed by atoms with Crippen molar-refractivity contribution in [3.05, 3.63) is 71.3 Å². The summed E-state index contributed by atoms with van der Waals surface area (Å²) in [6.45, 7) is 2.19. The van der Waals surface area contributed by atoms with E-state index in [1.165, 1.54) is 0 Å². The Morgan fingerprint density at radius 3 is 2.67 bits per heavy atom. The van der Waals surface area contributed by atoms with Crippen molar-refractivity contribution in [3.8, 4) is 6.07 Å². The molecule has 0 aromatic heterocycles. The average Bonchev–Trinajstić information content (AvgIpc) is 2.60. The summed E-state index contributed by atoms with van der Waals surface area (Å²) in [6, 6.07) is 18.0. The van der Waals surface area contributed by atoms with E-state index in [-0.39, 0.29) is 12.1 Å². The van der Waals surface area contributed by atoms with E-state index in [0.29, 0.717) is 18.5 Å². The summed E-state index contributed by atoms with van der Waals surface area (Å²) in [7, 11) is 0. The van der Waals surface area contributed by atoms with E-state index in [4.69, 9.17) is 5.26 Å². The number of aliphatic hydroxyl groups is 1. The highest BCUT2D eigenvalue weighted by Gasteiger charge is 2.14. The molecule has 2 aromatic rings. The van der Waals surface area contributed by atoms with E-state index < -0.39 is 6.10 Å². The van der Waals surface area contributed by atoms with Crippen LogP contribution in [0, 0.1) is 11.3 Å². The predicted molar refractivity (Wildman–Crippen MR) is 92.0 cm³/mol. The van der Waals surface area contributed by atoms with Crippen LogP contribution in [-0.2, 0) is 6.54 Å². The van der Waals surface area contributed by atoms with E-state index >= 15 is 0 Å². The molecule has 2 atom stereocenters. The summed E-state index contributed by atoms with van der Waals surface area (Å²) >= 11 is 0. The lowest BCUT2D eigenvalue weighted by Crippen LogP contribution is -2.41. The van der Waals surface area contributed by atoms with Gasteiger partial charge in [0.1, 0.15) is 0 Å². The standard InChI is InChI=1S/C19H21N3O2/c1-14(10-18(23)17-8-3-2-4-9-17)22-19(24)21-13-16-7-5-6-15(11-16)12-20/h2-9,11,14,18,23H,10,13H2,1H3,(H2,21,22,24). The van der Waals surface area contributed by atoms with Gasteiger partial charge in [0.2, 0.25) is 0 Å². The Balaban J connectivity index is 1.78. The van der Waals surface area contributed by atoms with Gasteiger partial charge in [-0.25, -0.2) is 4.79 Å². The summed E-state index contributed by atoms with van der Waals surface area (Å²) in [5, 5.41) is 24.6. The van der Waals surface area contributed by atoms with Crippen molar-refractivity contribution in [2.45, 2.75) is 32.0 Å². The number of carbonyl (C=O) groups excluding carboxylic acids is 1. The third-order valence-corrected chi connectivity index (χ3v) is 3.65. The maximum absolute atomic E-state index is 11.9. The fourth-order valence-corrected chi connectivity index (χ4v) is 2.41. The minimum Gasteiger partial charge on any atom is -0.388 e. The van der Waals surface area contributed by atoms with Gasteiger partial charge in [0.25, 0.3) is 0 Å². The lowest BCUT2D eigenvalue weighted by molar-refractivity contribution is 0.154. The van der Waals surface area contributed by atoms with Gasteiger partial charge in [-0.2, -0.15) is 5.26 Å². The number of rotatable bonds is 6. The Hall–Kier alpha value is -2.84. The van der Waals surface area contributed by atoms with Crippen LogP contribution in [0.25, 0.3) is 0 Å². The number of benzene rings is 2. The van der Waals surface area contributed by atoms with Crippen molar-refractivity contribution in [1.82, 2.24) is 10.6 Å². The third-order valence-electron chi connectivity index (χ3n) is 3.65. The second-order valence-corrected chi connectivity index (χ2v) is 5.70. The molecule has 0 aliphatic rings. The van der Waals surface area contributed by atoms with Gasteiger partial charge in [-0.1, -0.05) is 42.5 Å². The Morgan fingerprint density at radius 1 is 1.21 bits per heavy atom. The molecular formula is C19H21N3O2. The fraction of sp³-hybridized carbons (Fsp3) is 0.263. The highest BCUT2D eigenvalue weighted by atomic mass is 16.3. The van der Waals surface area contributed by atoms with Gasteiger partial charge in [0.05, 0.1) is 17.7 Å². The summed E-state index contributed by atoms with van der Waals surface area (Å²) in [5.41, 5.74) is 2.26. The van der Waals surface area contributed by atoms with Crippen molar-refractivity contribution >= 4 is 6.03 Å². The van der Waals surface area contributed by atoms with E-state index in [0.717, 1.165) is 11.1 Å². The van der Waals surface area contributed by atoms with Crippen LogP contribution in [0.5, 0.6) is 0 Å². The zero-order valence-electron chi connectivity index (χ0n) is 13.6. The second-order valence-electron chi connectivity index (χ2n) is 5.70. The molecule has 3 N–H and O–H groups in total. The number of carbonyl (C=O) groups is 1. The first-order valence-corrected chi connectivity index (χ1v) is 7.85. The van der Waals surface area contributed by atoms with E-state index in [1.54, 1.807) is 18.2 Å². The number of hydrogen-bond donors (Lipinski definition) is 3. The van der Waals surface area contributed by atoms with Crippen LogP contribution in [0.3, 0.4) is 0 Å². The van der Waals surface area contributed by atoms with Crippen molar-refractivity contribution < 1.29 is 9.90 Å². The maximum Gasteiger partial charge on any atom is 0.315 e. The first kappa shape index (κ1) is 17.5. The highest BCUT2D eigenvalue weighted by molar-refractivity contribution is 5.74. The van der Waals surface area contributed by atoms with Crippen LogP contribution in [0.1, 0.15) is 36.1 Å². The largest absolute Gasteiger partial charge is 0.388 e. The van der Waals surface area contributed by atoms with Gasteiger partial charge in [0, 0.05) is 12.6 Å². The van der Waals surface area contributed by atoms with Crippen molar-refractivity contribution in [2.24, 2.45) is 0 Å². The van der Waals surface area contributed by atoms with Crippen molar-refractivity contribution in [3.63, 3.8) is 0 Å². The summed E-state index contributed by atoms with van der Waals surface area (Å²) < 4.78 is 0. The Bertz CT molecular complexity index is 710. The summed E-state index contributed by atoms with van der Waals surface area (Å²) in [5.74, 6) is 0. The van der Waals surface area contributed by atoms with Gasteiger partial charge < -0.3 is 15.7 Å². The molecule has 5 heteroatoms. The molecule has 0 saturated heterocycles. The van der Waals surface area contributed by atoms with Crippen LogP contribution in [0.4, 0.5) is 4.79 Å². The molecule has 0 aliphatic heterocycles. The number of hydrogen-bond acceptors (Lipinski definition) is 3. The van der Waals surface area contributed by atoms with Crippen LogP contribution < -0.4 is 10.6 Å². The second kappa shape index (κ2) is 8.70. The zero-order valence-corrected chi connectivity index (χ0v) is 13.6. The molecule has 0 aliphatic carbocycles. The molecule has 5 nitrogen and oxygen atoms in total. The highest BCUT2D eigenvalue weighted by Crippen LogP contribution is 2.17. The molecule has 2 aromatic carbocycles. The Morgan fingerprint density at radius 2 is 1.96 bits per heavy atom. The third kappa shape index (κ3) is 5.41. The lowest BCUT2D eigenvalue weighted by atomic mass is 10.0. The van der Waals surface area contributed by atoms with E-state index in [1.807, 2.05) is 43.3 Å². The summed E-state index contributed by atoms with van der Waals surface area (Å²) in [6.07, 6.45) is -0.185. The SMILES string of the molecule is CC(CC(O)c1ccccc1)NC(=O)NCc1cccc(C#N)c1. The van der Waals surface area contributed by atoms with E-state index in [9.17, 15) is 9.90 Å². The Kier molecular flexibility index (Phi) is 6.35. The van der Waals surface area contributed by atoms with Crippen LogP contribution >= 0.6 is 0 Å². The average molecular weight is 323 g/mol. The molecule has 0 saturated carbocycles. The molecule has 0 bridgehead atoms. The molecule has 124 valence electrons. The number of urea groups is 1. The minimum atomic E-state index is -0.617. The number of nitrogens with zero attached hydrogens (tertiary/aromatic N) is 1. The molecule has 0 spiro atoms. The smallest absolute Gasteiger partial charge is 0.315 e. The van der Waals surface area contributed by atoms with E-state index in [2.05, 4.69) is 16.7 Å². The predicted octanol–water partition coefficient (Wildman–Crippen LogP) is 2.87. The summed E-state index contributed by atoms with van der Waals surface area (Å²) in [4.78, 5) is 11.9. The number of nitriles is 1. The molecule has 24 heavy (non-hydrogen) atoms. The van der Waals surface area contributed by atoms with Gasteiger partial charge >= 0.3 is 6.03 Å². The number of nitrogens with one attached hydrogen (secondary N) is 2. The number of amides is 2. The van der Waals surface area contributed by atoms with Gasteiger partial charge in [-0.3, -0.25) is 0 Å². The molecule has 0 fully saturated rings. The first-order valence-electron chi connectivity index (χ1n) is 7.85. The van der Waals surface area contributed by atoms with Crippen molar-refractivity contribution in [2.75, 3.05) is 0 Å². The topological polar surface area (TPSA) is 85.2 Å². The van der Waals surface area contributed by atoms with Crippen LogP contribution in [-0.4, -0.2) is 17.2 Å². The molecular weight excluding hydrogens is 302 g/mol. The quantitative estimate of drug-likeness (QED) is 0.764. The fourth-order valence-electron chi connectivity index (χ4n) is 2.41. The van der Waals surface area contributed by atoms with Crippen LogP contribution in [0.15, 0.2) is 54.6 Å². The molecule has 0 radical (unpaired) electrons. The van der Waals surface area contributed by atoms with Gasteiger partial charge in [-0.15, -0.1) is 0 Å². The molecule has 2 unspecified atom stereocenters. The molecule has 2 amide bonds. The number of aliphatic hydroxyl groups excluding tert-OH is 1. The zero-order chi connectivity index (χ0) is 17.4. The lowest BCUT2D eigenvalue weighted by Gasteiger charge is -2.18. The molecule has 0 heterocycles. The molecule has 2 rings (SSSR count). The maximum atomic E-state index is 11.9. The van der Waals surface area contributed by atoms with Crippen molar-refractivity contribution in [1.29, 1.82) is 5.26 Å². The monoisotopic (exact) mass is 323 g/mol. The normalized spacial score (nSPS) is 12.7. The Labute approximate surface area is 141 Å². The first-order chi connectivity index (χ1) is 11.6. The van der Waals surface area contributed by atoms with Gasteiger partial charge in [-0.05, 0) is 36.6 Å². The minimum absolute atomic E-state index is 0.175.